The molecule has 0 spiro atoms. The van der Waals surface area contributed by atoms with Gasteiger partial charge in [0.1, 0.15) is 5.41 Å². The summed E-state index contributed by atoms with van der Waals surface area (Å²) in [6.07, 6.45) is 0. The quantitative estimate of drug-likeness (QED) is 0.805. The minimum atomic E-state index is -1.20. The second kappa shape index (κ2) is 7.09. The van der Waals surface area contributed by atoms with Crippen molar-refractivity contribution in [1.82, 2.24) is 0 Å². The molecule has 0 atom stereocenters. The van der Waals surface area contributed by atoms with Crippen LogP contribution in [0.5, 0.6) is 0 Å². The van der Waals surface area contributed by atoms with Crippen LogP contribution in [0.25, 0.3) is 0 Å². The number of aryl methyl sites for hydroxylation is 4. The van der Waals surface area contributed by atoms with Gasteiger partial charge in [-0.05, 0) is 75.9 Å². The van der Waals surface area contributed by atoms with Crippen molar-refractivity contribution in [3.8, 4) is 0 Å². The molecule has 0 aliphatic carbocycles. The fraction of sp³-hybridized carbons (Fsp3) is 0.333. The van der Waals surface area contributed by atoms with Crippen LogP contribution in [-0.4, -0.2) is 11.8 Å². The maximum Gasteiger partial charge on any atom is 0.239 e. The van der Waals surface area contributed by atoms with Crippen molar-refractivity contribution in [2.45, 2.75) is 41.5 Å². The molecule has 4 nitrogen and oxygen atoms in total. The molecule has 0 bridgehead atoms. The van der Waals surface area contributed by atoms with Crippen LogP contribution in [0.2, 0.25) is 0 Å². The van der Waals surface area contributed by atoms with E-state index < -0.39 is 5.41 Å². The molecule has 0 heterocycles. The third kappa shape index (κ3) is 4.08. The monoisotopic (exact) mass is 338 g/mol. The summed E-state index contributed by atoms with van der Waals surface area (Å²) in [6, 6.07) is 11.5. The van der Waals surface area contributed by atoms with Gasteiger partial charge in [0.05, 0.1) is 0 Å². The molecule has 0 aliphatic rings. The fourth-order valence-corrected chi connectivity index (χ4v) is 2.49. The topological polar surface area (TPSA) is 58.2 Å². The Kier molecular flexibility index (Phi) is 5.31. The van der Waals surface area contributed by atoms with Crippen molar-refractivity contribution in [2.24, 2.45) is 5.41 Å². The Hall–Kier alpha value is -2.62. The zero-order valence-corrected chi connectivity index (χ0v) is 15.8. The van der Waals surface area contributed by atoms with Gasteiger partial charge < -0.3 is 10.6 Å². The normalized spacial score (nSPS) is 11.1. The number of benzene rings is 2. The fourth-order valence-electron chi connectivity index (χ4n) is 2.49. The lowest BCUT2D eigenvalue weighted by atomic mass is 9.90. The van der Waals surface area contributed by atoms with Crippen LogP contribution in [0.4, 0.5) is 11.4 Å². The third-order valence-corrected chi connectivity index (χ3v) is 4.62. The standard InChI is InChI=1S/C21H26N2O2/c1-13-10-11-17(12-16(13)4)22-19(24)21(5,6)20(25)23-18-14(2)8-7-9-15(18)3/h7-12H,1-6H3,(H,22,24)(H,23,25). The highest BCUT2D eigenvalue weighted by Crippen LogP contribution is 2.25. The van der Waals surface area contributed by atoms with Crippen LogP contribution >= 0.6 is 0 Å². The molecule has 132 valence electrons. The molecule has 25 heavy (non-hydrogen) atoms. The van der Waals surface area contributed by atoms with E-state index in [-0.39, 0.29) is 11.8 Å². The lowest BCUT2D eigenvalue weighted by Gasteiger charge is -2.24. The second-order valence-electron chi connectivity index (χ2n) is 7.10. The van der Waals surface area contributed by atoms with E-state index in [4.69, 9.17) is 0 Å². The number of hydrogen-bond acceptors (Lipinski definition) is 2. The first-order valence-electron chi connectivity index (χ1n) is 8.39. The molecule has 0 saturated heterocycles. The summed E-state index contributed by atoms with van der Waals surface area (Å²) in [6.45, 7) is 11.1. The van der Waals surface area contributed by atoms with Crippen molar-refractivity contribution in [3.05, 3.63) is 58.7 Å². The van der Waals surface area contributed by atoms with Gasteiger partial charge >= 0.3 is 0 Å². The van der Waals surface area contributed by atoms with Crippen molar-refractivity contribution in [3.63, 3.8) is 0 Å². The first-order valence-corrected chi connectivity index (χ1v) is 8.39. The summed E-state index contributed by atoms with van der Waals surface area (Å²) in [4.78, 5) is 25.4. The van der Waals surface area contributed by atoms with E-state index in [1.54, 1.807) is 13.8 Å². The predicted molar refractivity (Wildman–Crippen MR) is 103 cm³/mol. The summed E-state index contributed by atoms with van der Waals surface area (Å²) in [5.74, 6) is -0.661. The van der Waals surface area contributed by atoms with Crippen LogP contribution < -0.4 is 10.6 Å². The van der Waals surface area contributed by atoms with Gasteiger partial charge in [-0.3, -0.25) is 9.59 Å². The van der Waals surface area contributed by atoms with Gasteiger partial charge in [0.25, 0.3) is 0 Å². The van der Waals surface area contributed by atoms with Gasteiger partial charge in [-0.25, -0.2) is 0 Å². The average Bonchev–Trinajstić information content (AvgIpc) is 2.54. The summed E-state index contributed by atoms with van der Waals surface area (Å²) in [5.41, 5.74) is 4.45. The number of nitrogens with one attached hydrogen (secondary N) is 2. The van der Waals surface area contributed by atoms with Gasteiger partial charge in [0.2, 0.25) is 11.8 Å². The van der Waals surface area contributed by atoms with Crippen LogP contribution in [0.1, 0.15) is 36.1 Å². The Morgan fingerprint density at radius 1 is 0.760 bits per heavy atom. The highest BCUT2D eigenvalue weighted by atomic mass is 16.2. The van der Waals surface area contributed by atoms with E-state index in [1.807, 2.05) is 64.1 Å². The number of para-hydroxylation sites is 1. The maximum atomic E-state index is 12.7. The number of hydrogen-bond donors (Lipinski definition) is 2. The van der Waals surface area contributed by atoms with E-state index in [1.165, 1.54) is 0 Å². The largest absolute Gasteiger partial charge is 0.325 e. The molecule has 0 fully saturated rings. The van der Waals surface area contributed by atoms with Crippen LogP contribution in [0, 0.1) is 33.1 Å². The highest BCUT2D eigenvalue weighted by Gasteiger charge is 2.36. The molecule has 0 aromatic heterocycles. The van der Waals surface area contributed by atoms with E-state index in [0.717, 1.165) is 27.9 Å². The Morgan fingerprint density at radius 2 is 1.32 bits per heavy atom. The predicted octanol–water partition coefficient (Wildman–Crippen LogP) is 4.52. The molecule has 4 heteroatoms. The summed E-state index contributed by atoms with van der Waals surface area (Å²) < 4.78 is 0. The molecule has 0 unspecified atom stereocenters. The summed E-state index contributed by atoms with van der Waals surface area (Å²) in [5, 5.41) is 5.75. The lowest BCUT2D eigenvalue weighted by Crippen LogP contribution is -2.41. The Labute approximate surface area is 149 Å². The number of amides is 2. The van der Waals surface area contributed by atoms with E-state index >= 15 is 0 Å². The third-order valence-electron chi connectivity index (χ3n) is 4.62. The average molecular weight is 338 g/mol. The smallest absolute Gasteiger partial charge is 0.239 e. The molecular weight excluding hydrogens is 312 g/mol. The molecule has 0 saturated carbocycles. The number of carbonyl (C=O) groups excluding carboxylic acids is 2. The Balaban J connectivity index is 2.17. The second-order valence-corrected chi connectivity index (χ2v) is 7.10. The molecule has 0 aliphatic heterocycles. The van der Waals surface area contributed by atoms with Crippen molar-refractivity contribution in [2.75, 3.05) is 10.6 Å². The highest BCUT2D eigenvalue weighted by molar-refractivity contribution is 6.14. The number of rotatable bonds is 4. The zero-order valence-electron chi connectivity index (χ0n) is 15.8. The molecular formula is C21H26N2O2. The first-order chi connectivity index (χ1) is 11.6. The molecule has 0 radical (unpaired) electrons. The van der Waals surface area contributed by atoms with E-state index in [9.17, 15) is 9.59 Å². The van der Waals surface area contributed by atoms with Crippen LogP contribution in [-0.2, 0) is 9.59 Å². The lowest BCUT2D eigenvalue weighted by molar-refractivity contribution is -0.135. The number of anilines is 2. The molecule has 2 amide bonds. The molecule has 2 rings (SSSR count). The summed E-state index contributed by atoms with van der Waals surface area (Å²) >= 11 is 0. The summed E-state index contributed by atoms with van der Waals surface area (Å²) in [7, 11) is 0. The zero-order chi connectivity index (χ0) is 18.8. The minimum absolute atomic E-state index is 0.328. The maximum absolute atomic E-state index is 12.7. The Bertz CT molecular complexity index is 802. The molecule has 2 aromatic rings. The molecule has 2 N–H and O–H groups in total. The van der Waals surface area contributed by atoms with E-state index in [0.29, 0.717) is 5.69 Å². The van der Waals surface area contributed by atoms with Crippen molar-refractivity contribution in [1.29, 1.82) is 0 Å². The SMILES string of the molecule is Cc1ccc(NC(=O)C(C)(C)C(=O)Nc2c(C)cccc2C)cc1C. The Morgan fingerprint density at radius 3 is 1.88 bits per heavy atom. The minimum Gasteiger partial charge on any atom is -0.325 e. The molecule has 2 aromatic carbocycles. The van der Waals surface area contributed by atoms with Gasteiger partial charge in [0, 0.05) is 11.4 Å². The van der Waals surface area contributed by atoms with E-state index in [2.05, 4.69) is 10.6 Å². The van der Waals surface area contributed by atoms with Gasteiger partial charge in [-0.1, -0.05) is 24.3 Å². The van der Waals surface area contributed by atoms with Gasteiger partial charge in [-0.2, -0.15) is 0 Å². The van der Waals surface area contributed by atoms with Crippen LogP contribution in [0.15, 0.2) is 36.4 Å². The van der Waals surface area contributed by atoms with Crippen molar-refractivity contribution < 1.29 is 9.59 Å². The van der Waals surface area contributed by atoms with Crippen molar-refractivity contribution >= 4 is 23.2 Å². The first kappa shape index (κ1) is 18.7. The van der Waals surface area contributed by atoms with Crippen LogP contribution in [0.3, 0.4) is 0 Å². The van der Waals surface area contributed by atoms with Gasteiger partial charge in [0.15, 0.2) is 0 Å². The van der Waals surface area contributed by atoms with Gasteiger partial charge in [-0.15, -0.1) is 0 Å². The number of carbonyl (C=O) groups is 2.